The van der Waals surface area contributed by atoms with Crippen LogP contribution in [0, 0.1) is 0 Å². The lowest BCUT2D eigenvalue weighted by atomic mass is 9.93. The highest BCUT2D eigenvalue weighted by molar-refractivity contribution is 7.89. The van der Waals surface area contributed by atoms with Gasteiger partial charge in [0.15, 0.2) is 0 Å². The van der Waals surface area contributed by atoms with Crippen molar-refractivity contribution in [3.05, 3.63) is 70.4 Å². The summed E-state index contributed by atoms with van der Waals surface area (Å²) in [6.45, 7) is 5.94. The molecular weight excluding hydrogens is 590 g/mol. The van der Waals surface area contributed by atoms with Crippen LogP contribution >= 0.6 is 47.4 Å². The van der Waals surface area contributed by atoms with E-state index in [4.69, 9.17) is 31.7 Å². The topological polar surface area (TPSA) is 193 Å². The standard InChI is InChI=1S/C21H20ClNO3S2.2CH3NOS.CH4.H2O/c1-4-13(2)21-20(14-9-10-18(26-3)17(22)11-14)16(12-27-21)15-7-5-6-8-19(15)28(23,24)25;2*2-1(3)4;;/h4-13H,1H2,2-3H3,(H2,23,24,25);2*(H3,2,3,4);1H4;1H2. The van der Waals surface area contributed by atoms with E-state index in [9.17, 15) is 8.42 Å². The summed E-state index contributed by atoms with van der Waals surface area (Å²) < 4.78 is 29.5. The minimum atomic E-state index is -3.88. The molecule has 1 unspecified atom stereocenters. The SMILES string of the molecule is C.C=CC(C)c1scc(-c2ccccc2S(N)(=O)=O)c1-c1ccc(OC)c(Cl)c1.NC(O)=S.NC(O)=S.O. The van der Waals surface area contributed by atoms with E-state index in [1.165, 1.54) is 6.07 Å². The maximum absolute atomic E-state index is 12.1. The molecule has 3 rings (SSSR count). The number of aliphatic hydroxyl groups excluding tert-OH is 2. The zero-order valence-electron chi connectivity index (χ0n) is 19.8. The Morgan fingerprint density at radius 3 is 2.11 bits per heavy atom. The zero-order valence-corrected chi connectivity index (χ0v) is 23.9. The van der Waals surface area contributed by atoms with Gasteiger partial charge < -0.3 is 31.9 Å². The Morgan fingerprint density at radius 2 is 1.66 bits per heavy atom. The van der Waals surface area contributed by atoms with Crippen LogP contribution in [-0.4, -0.2) is 41.6 Å². The fraction of sp³-hybridized carbons (Fsp3) is 0.167. The van der Waals surface area contributed by atoms with Gasteiger partial charge in [0.05, 0.1) is 17.0 Å². The van der Waals surface area contributed by atoms with E-state index < -0.39 is 20.4 Å². The number of thiocarbonyl (C=S) groups is 2. The molecular formula is C24H32ClN3O6S4. The number of benzene rings is 2. The molecule has 1 atom stereocenters. The van der Waals surface area contributed by atoms with Gasteiger partial charge in [-0.15, -0.1) is 17.9 Å². The Balaban J connectivity index is 0. The molecule has 0 amide bonds. The van der Waals surface area contributed by atoms with Crippen molar-refractivity contribution in [2.45, 2.75) is 25.2 Å². The zero-order chi connectivity index (χ0) is 27.6. The summed E-state index contributed by atoms with van der Waals surface area (Å²) in [6, 6.07) is 12.3. The summed E-state index contributed by atoms with van der Waals surface area (Å²) in [4.78, 5) is 1.15. The average molecular weight is 622 g/mol. The van der Waals surface area contributed by atoms with Crippen molar-refractivity contribution in [3.8, 4) is 28.0 Å². The predicted molar refractivity (Wildman–Crippen MR) is 166 cm³/mol. The third-order valence-electron chi connectivity index (χ3n) is 4.51. The molecule has 0 spiro atoms. The van der Waals surface area contributed by atoms with Crippen molar-refractivity contribution in [2.24, 2.45) is 16.6 Å². The van der Waals surface area contributed by atoms with Gasteiger partial charge in [-0.2, -0.15) is 0 Å². The number of thiophene rings is 1. The van der Waals surface area contributed by atoms with Gasteiger partial charge in [-0.05, 0) is 53.6 Å². The number of methoxy groups -OCH3 is 1. The molecule has 14 heteroatoms. The molecule has 0 aliphatic carbocycles. The third-order valence-corrected chi connectivity index (χ3v) is 6.96. The van der Waals surface area contributed by atoms with E-state index in [0.29, 0.717) is 16.3 Å². The molecule has 10 N–H and O–H groups in total. The number of hydrogen-bond donors (Lipinski definition) is 5. The average Bonchev–Trinajstić information content (AvgIpc) is 3.22. The van der Waals surface area contributed by atoms with Gasteiger partial charge in [0.25, 0.3) is 10.3 Å². The van der Waals surface area contributed by atoms with Crippen LogP contribution < -0.4 is 21.3 Å². The first-order valence-corrected chi connectivity index (χ1v) is 13.5. The summed E-state index contributed by atoms with van der Waals surface area (Å²) in [5.41, 5.74) is 11.9. The second-order valence-electron chi connectivity index (χ2n) is 6.98. The van der Waals surface area contributed by atoms with Crippen LogP contribution in [0.1, 0.15) is 25.1 Å². The second kappa shape index (κ2) is 16.9. The largest absolute Gasteiger partial charge is 0.495 e. The van der Waals surface area contributed by atoms with Crippen molar-refractivity contribution in [1.82, 2.24) is 0 Å². The van der Waals surface area contributed by atoms with Gasteiger partial charge in [0.2, 0.25) is 10.0 Å². The first-order valence-electron chi connectivity index (χ1n) is 9.91. The molecule has 0 aliphatic heterocycles. The lowest BCUT2D eigenvalue weighted by molar-refractivity contribution is 0.415. The number of aliphatic hydroxyl groups is 2. The van der Waals surface area contributed by atoms with E-state index >= 15 is 0 Å². The number of ether oxygens (including phenoxy) is 1. The van der Waals surface area contributed by atoms with Gasteiger partial charge in [-0.25, -0.2) is 13.6 Å². The maximum Gasteiger partial charge on any atom is 0.251 e. The molecule has 0 saturated carbocycles. The maximum atomic E-state index is 12.1. The van der Waals surface area contributed by atoms with Crippen molar-refractivity contribution in [1.29, 1.82) is 0 Å². The molecule has 9 nitrogen and oxygen atoms in total. The number of allylic oxidation sites excluding steroid dienone is 1. The molecule has 1 aromatic heterocycles. The minimum absolute atomic E-state index is 0. The van der Waals surface area contributed by atoms with E-state index in [1.54, 1.807) is 42.7 Å². The quantitative estimate of drug-likeness (QED) is 0.184. The smallest absolute Gasteiger partial charge is 0.251 e. The normalized spacial score (nSPS) is 10.5. The van der Waals surface area contributed by atoms with Gasteiger partial charge in [0.1, 0.15) is 5.75 Å². The lowest BCUT2D eigenvalue weighted by Gasteiger charge is -2.14. The van der Waals surface area contributed by atoms with Crippen molar-refractivity contribution in [3.63, 3.8) is 0 Å². The summed E-state index contributed by atoms with van der Waals surface area (Å²) in [6.07, 6.45) is 1.86. The van der Waals surface area contributed by atoms with Crippen LogP contribution in [0.15, 0.2) is 65.4 Å². The predicted octanol–water partition coefficient (Wildman–Crippen LogP) is 5.07. The minimum Gasteiger partial charge on any atom is -0.495 e. The van der Waals surface area contributed by atoms with Gasteiger partial charge >= 0.3 is 0 Å². The number of nitrogens with two attached hydrogens (primary N) is 3. The third kappa shape index (κ3) is 10.9. The fourth-order valence-corrected chi connectivity index (χ4v) is 5.23. The Hall–Kier alpha value is -2.78. The molecule has 1 heterocycles. The Bertz CT molecular complexity index is 1330. The number of sulfonamides is 1. The Morgan fingerprint density at radius 1 is 1.13 bits per heavy atom. The van der Waals surface area contributed by atoms with Gasteiger partial charge in [0, 0.05) is 27.5 Å². The summed E-state index contributed by atoms with van der Waals surface area (Å²) in [5.74, 6) is 0.654. The summed E-state index contributed by atoms with van der Waals surface area (Å²) >= 11 is 15.6. The van der Waals surface area contributed by atoms with E-state index in [1.807, 2.05) is 30.5 Å². The van der Waals surface area contributed by atoms with Crippen LogP contribution in [0.4, 0.5) is 0 Å². The Labute approximate surface area is 242 Å². The Kier molecular flexibility index (Phi) is 16.7. The van der Waals surface area contributed by atoms with Crippen LogP contribution in [0.25, 0.3) is 22.3 Å². The summed E-state index contributed by atoms with van der Waals surface area (Å²) in [7, 11) is -2.32. The summed E-state index contributed by atoms with van der Waals surface area (Å²) in [5, 5.41) is 22.0. The second-order valence-corrected chi connectivity index (χ2v) is 10.7. The van der Waals surface area contributed by atoms with E-state index in [0.717, 1.165) is 21.6 Å². The molecule has 0 radical (unpaired) electrons. The highest BCUT2D eigenvalue weighted by atomic mass is 35.5. The number of primary sulfonamides is 1. The monoisotopic (exact) mass is 621 g/mol. The molecule has 3 aromatic rings. The molecule has 0 fully saturated rings. The number of halogens is 1. The lowest BCUT2D eigenvalue weighted by Crippen LogP contribution is -2.13. The molecule has 0 aliphatic rings. The highest BCUT2D eigenvalue weighted by Crippen LogP contribution is 2.45. The van der Waals surface area contributed by atoms with Gasteiger partial charge in [-0.3, -0.25) is 0 Å². The van der Waals surface area contributed by atoms with Crippen LogP contribution in [0.3, 0.4) is 0 Å². The van der Waals surface area contributed by atoms with Gasteiger partial charge in [-0.1, -0.05) is 56.3 Å². The number of rotatable bonds is 6. The number of hydrogen-bond acceptors (Lipinski definition) is 6. The molecule has 210 valence electrons. The molecule has 38 heavy (non-hydrogen) atoms. The molecule has 0 bridgehead atoms. The first-order chi connectivity index (χ1) is 16.7. The van der Waals surface area contributed by atoms with Crippen LogP contribution in [0.2, 0.25) is 5.02 Å². The molecule has 0 saturated heterocycles. The first kappa shape index (κ1) is 37.4. The van der Waals surface area contributed by atoms with Crippen molar-refractivity contribution in [2.75, 3.05) is 7.11 Å². The fourth-order valence-electron chi connectivity index (χ4n) is 3.07. The highest BCUT2D eigenvalue weighted by Gasteiger charge is 2.23. The molecule has 2 aromatic carbocycles. The van der Waals surface area contributed by atoms with E-state index in [-0.39, 0.29) is 23.7 Å². The van der Waals surface area contributed by atoms with Crippen LogP contribution in [0.5, 0.6) is 5.75 Å². The van der Waals surface area contributed by atoms with Crippen molar-refractivity contribution >= 4 is 67.7 Å². The van der Waals surface area contributed by atoms with Crippen LogP contribution in [-0.2, 0) is 10.0 Å². The van der Waals surface area contributed by atoms with E-state index in [2.05, 4.69) is 42.5 Å². The van der Waals surface area contributed by atoms with Crippen molar-refractivity contribution < 1.29 is 28.8 Å².